The van der Waals surface area contributed by atoms with E-state index in [0.29, 0.717) is 12.8 Å². The lowest BCUT2D eigenvalue weighted by molar-refractivity contribution is 0.0979. The third kappa shape index (κ3) is 3.44. The number of ketones is 1. The van der Waals surface area contributed by atoms with Crippen molar-refractivity contribution in [3.8, 4) is 0 Å². The Labute approximate surface area is 112 Å². The van der Waals surface area contributed by atoms with Gasteiger partial charge in [-0.15, -0.1) is 11.6 Å². The number of carbonyl (C=O) groups is 1. The maximum atomic E-state index is 11.9. The minimum Gasteiger partial charge on any atom is -0.294 e. The first-order chi connectivity index (χ1) is 8.77. The van der Waals surface area contributed by atoms with E-state index in [1.165, 1.54) is 0 Å². The molecule has 18 heavy (non-hydrogen) atoms. The van der Waals surface area contributed by atoms with E-state index in [1.807, 2.05) is 60.7 Å². The number of hydrogen-bond acceptors (Lipinski definition) is 1. The highest BCUT2D eigenvalue weighted by atomic mass is 35.5. The minimum atomic E-state index is -0.0983. The van der Waals surface area contributed by atoms with Crippen LogP contribution in [-0.4, -0.2) is 5.78 Å². The summed E-state index contributed by atoms with van der Waals surface area (Å²) in [6.45, 7) is 0. The van der Waals surface area contributed by atoms with Crippen LogP contribution < -0.4 is 0 Å². The second kappa shape index (κ2) is 6.36. The molecular weight excluding hydrogens is 244 g/mol. The molecule has 0 fully saturated rings. The Kier molecular flexibility index (Phi) is 4.54. The molecule has 2 heteroatoms. The number of halogens is 1. The van der Waals surface area contributed by atoms with Crippen LogP contribution in [0.2, 0.25) is 0 Å². The van der Waals surface area contributed by atoms with Crippen LogP contribution in [0, 0.1) is 0 Å². The first-order valence-corrected chi connectivity index (χ1v) is 6.48. The predicted octanol–water partition coefficient (Wildman–Crippen LogP) is 4.63. The molecule has 0 aliphatic rings. The standard InChI is InChI=1S/C16H15ClO/c17-15(13-7-3-1-4-8-13)11-12-16(18)14-9-5-2-6-10-14/h1-10,15H,11-12H2. The molecule has 0 radical (unpaired) electrons. The normalized spacial score (nSPS) is 12.1. The van der Waals surface area contributed by atoms with Crippen LogP contribution in [0.4, 0.5) is 0 Å². The van der Waals surface area contributed by atoms with E-state index >= 15 is 0 Å². The molecule has 1 nitrogen and oxygen atoms in total. The molecule has 1 atom stereocenters. The molecule has 0 amide bonds. The van der Waals surface area contributed by atoms with Crippen molar-refractivity contribution in [2.45, 2.75) is 18.2 Å². The van der Waals surface area contributed by atoms with Gasteiger partial charge in [-0.25, -0.2) is 0 Å². The van der Waals surface area contributed by atoms with E-state index < -0.39 is 0 Å². The monoisotopic (exact) mass is 258 g/mol. The fourth-order valence-electron chi connectivity index (χ4n) is 1.85. The maximum absolute atomic E-state index is 11.9. The van der Waals surface area contributed by atoms with Gasteiger partial charge in [0, 0.05) is 12.0 Å². The summed E-state index contributed by atoms with van der Waals surface area (Å²) in [5.41, 5.74) is 1.83. The van der Waals surface area contributed by atoms with Crippen LogP contribution in [0.15, 0.2) is 60.7 Å². The second-order valence-electron chi connectivity index (χ2n) is 4.21. The van der Waals surface area contributed by atoms with Gasteiger partial charge in [-0.2, -0.15) is 0 Å². The topological polar surface area (TPSA) is 17.1 Å². The third-order valence-electron chi connectivity index (χ3n) is 2.88. The Bertz CT molecular complexity index is 493. The Morgan fingerprint density at radius 1 is 0.944 bits per heavy atom. The van der Waals surface area contributed by atoms with Crippen molar-refractivity contribution in [1.82, 2.24) is 0 Å². The highest BCUT2D eigenvalue weighted by Crippen LogP contribution is 2.25. The van der Waals surface area contributed by atoms with Gasteiger partial charge in [-0.05, 0) is 12.0 Å². The molecule has 0 saturated carbocycles. The molecule has 2 rings (SSSR count). The van der Waals surface area contributed by atoms with Crippen molar-refractivity contribution in [3.05, 3.63) is 71.8 Å². The predicted molar refractivity (Wildman–Crippen MR) is 75.0 cm³/mol. The largest absolute Gasteiger partial charge is 0.294 e. The van der Waals surface area contributed by atoms with Gasteiger partial charge in [0.2, 0.25) is 0 Å². The van der Waals surface area contributed by atoms with Crippen molar-refractivity contribution < 1.29 is 4.79 Å². The average Bonchev–Trinajstić information content (AvgIpc) is 2.46. The summed E-state index contributed by atoms with van der Waals surface area (Å²) in [5.74, 6) is 0.150. The number of alkyl halides is 1. The number of benzene rings is 2. The van der Waals surface area contributed by atoms with Gasteiger partial charge in [0.25, 0.3) is 0 Å². The number of hydrogen-bond donors (Lipinski definition) is 0. The minimum absolute atomic E-state index is 0.0983. The Morgan fingerprint density at radius 3 is 2.11 bits per heavy atom. The molecule has 0 heterocycles. The molecule has 0 aliphatic heterocycles. The summed E-state index contributed by atoms with van der Waals surface area (Å²) in [6, 6.07) is 19.2. The summed E-state index contributed by atoms with van der Waals surface area (Å²) in [4.78, 5) is 11.9. The van der Waals surface area contributed by atoms with Crippen LogP contribution in [-0.2, 0) is 0 Å². The highest BCUT2D eigenvalue weighted by Gasteiger charge is 2.11. The van der Waals surface area contributed by atoms with Gasteiger partial charge >= 0.3 is 0 Å². The lowest BCUT2D eigenvalue weighted by Crippen LogP contribution is -2.01. The summed E-state index contributed by atoms with van der Waals surface area (Å²) < 4.78 is 0. The van der Waals surface area contributed by atoms with E-state index in [4.69, 9.17) is 11.6 Å². The van der Waals surface area contributed by atoms with Gasteiger partial charge in [-0.1, -0.05) is 60.7 Å². The van der Waals surface area contributed by atoms with Crippen LogP contribution in [0.25, 0.3) is 0 Å². The van der Waals surface area contributed by atoms with Crippen molar-refractivity contribution >= 4 is 17.4 Å². The Balaban J connectivity index is 1.91. The molecule has 0 saturated heterocycles. The van der Waals surface area contributed by atoms with E-state index in [-0.39, 0.29) is 11.2 Å². The molecular formula is C16H15ClO. The van der Waals surface area contributed by atoms with Crippen molar-refractivity contribution in [2.75, 3.05) is 0 Å². The highest BCUT2D eigenvalue weighted by molar-refractivity contribution is 6.21. The Hall–Kier alpha value is -1.60. The first-order valence-electron chi connectivity index (χ1n) is 6.04. The number of rotatable bonds is 5. The zero-order chi connectivity index (χ0) is 12.8. The van der Waals surface area contributed by atoms with Crippen molar-refractivity contribution in [3.63, 3.8) is 0 Å². The van der Waals surface area contributed by atoms with Gasteiger partial charge in [0.05, 0.1) is 5.38 Å². The summed E-state index contributed by atoms with van der Waals surface area (Å²) in [6.07, 6.45) is 1.15. The third-order valence-corrected chi connectivity index (χ3v) is 3.35. The van der Waals surface area contributed by atoms with Crippen molar-refractivity contribution in [1.29, 1.82) is 0 Å². The fraction of sp³-hybridized carbons (Fsp3) is 0.188. The molecule has 0 N–H and O–H groups in total. The van der Waals surface area contributed by atoms with Crippen LogP contribution in [0.3, 0.4) is 0 Å². The molecule has 0 aromatic heterocycles. The van der Waals surface area contributed by atoms with Crippen LogP contribution >= 0.6 is 11.6 Å². The average molecular weight is 259 g/mol. The molecule has 2 aromatic carbocycles. The zero-order valence-electron chi connectivity index (χ0n) is 10.1. The molecule has 2 aromatic rings. The molecule has 0 spiro atoms. The number of Topliss-reactive ketones (excluding diaryl/α,β-unsaturated/α-hetero) is 1. The van der Waals surface area contributed by atoms with Crippen LogP contribution in [0.5, 0.6) is 0 Å². The lowest BCUT2D eigenvalue weighted by Gasteiger charge is -2.08. The quantitative estimate of drug-likeness (QED) is 0.564. The molecule has 0 bridgehead atoms. The van der Waals surface area contributed by atoms with Crippen molar-refractivity contribution in [2.24, 2.45) is 0 Å². The summed E-state index contributed by atoms with van der Waals surface area (Å²) in [7, 11) is 0. The van der Waals surface area contributed by atoms with Gasteiger partial charge in [0.15, 0.2) is 5.78 Å². The molecule has 92 valence electrons. The summed E-state index contributed by atoms with van der Waals surface area (Å²) in [5, 5.41) is -0.0983. The molecule has 1 unspecified atom stereocenters. The van der Waals surface area contributed by atoms with Crippen LogP contribution in [0.1, 0.15) is 34.1 Å². The maximum Gasteiger partial charge on any atom is 0.162 e. The van der Waals surface area contributed by atoms with E-state index in [2.05, 4.69) is 0 Å². The number of carbonyl (C=O) groups excluding carboxylic acids is 1. The summed E-state index contributed by atoms with van der Waals surface area (Å²) >= 11 is 6.29. The lowest BCUT2D eigenvalue weighted by atomic mass is 10.0. The SMILES string of the molecule is O=C(CCC(Cl)c1ccccc1)c1ccccc1. The van der Waals surface area contributed by atoms with Gasteiger partial charge < -0.3 is 0 Å². The van der Waals surface area contributed by atoms with Gasteiger partial charge in [0.1, 0.15) is 0 Å². The zero-order valence-corrected chi connectivity index (χ0v) is 10.8. The smallest absolute Gasteiger partial charge is 0.162 e. The van der Waals surface area contributed by atoms with E-state index in [0.717, 1.165) is 11.1 Å². The van der Waals surface area contributed by atoms with E-state index in [1.54, 1.807) is 0 Å². The first kappa shape index (κ1) is 12.8. The fourth-order valence-corrected chi connectivity index (χ4v) is 2.11. The second-order valence-corrected chi connectivity index (χ2v) is 4.73. The Morgan fingerprint density at radius 2 is 1.50 bits per heavy atom. The van der Waals surface area contributed by atoms with E-state index in [9.17, 15) is 4.79 Å². The van der Waals surface area contributed by atoms with Gasteiger partial charge in [-0.3, -0.25) is 4.79 Å². The molecule has 0 aliphatic carbocycles.